The molecule has 0 aliphatic carbocycles. The summed E-state index contributed by atoms with van der Waals surface area (Å²) >= 11 is 3.23. The molecule has 0 saturated carbocycles. The Hall–Kier alpha value is -1.74. The first-order valence-corrected chi connectivity index (χ1v) is 9.61. The fraction of sp³-hybridized carbons (Fsp3) is 0.412. The van der Waals surface area contributed by atoms with E-state index in [1.54, 1.807) is 29.8 Å². The number of carbonyl (C=O) groups excluding carboxylic acids is 1. The average molecular weight is 380 g/mol. The van der Waals surface area contributed by atoms with Crippen LogP contribution in [0, 0.1) is 6.92 Å². The minimum Gasteiger partial charge on any atom is -0.483 e. The Balaban J connectivity index is 1.72. The number of methoxy groups -OCH3 is 1. The molecule has 2 aromatic heterocycles. The second kappa shape index (κ2) is 8.09. The number of thiophene rings is 1. The summed E-state index contributed by atoms with van der Waals surface area (Å²) in [5.41, 5.74) is 0.990. The normalized spacial score (nSPS) is 12.6. The van der Waals surface area contributed by atoms with E-state index in [9.17, 15) is 9.90 Å². The standard InChI is InChI=1S/C17H20N2O4S2/c1-10-18-16-14(25-10)7-13(12-4-6-24-17(12)16)23-9-15(21)19-11(8-20)3-5-22-2/h4,6-7,11,20H,3,5,8-9H2,1-2H3,(H,19,21). The number of thiazole rings is 1. The Morgan fingerprint density at radius 1 is 1.48 bits per heavy atom. The van der Waals surface area contributed by atoms with Gasteiger partial charge in [-0.1, -0.05) is 0 Å². The Morgan fingerprint density at radius 2 is 2.32 bits per heavy atom. The maximum Gasteiger partial charge on any atom is 0.258 e. The summed E-state index contributed by atoms with van der Waals surface area (Å²) < 4.78 is 12.9. The zero-order valence-electron chi connectivity index (χ0n) is 14.1. The first-order valence-electron chi connectivity index (χ1n) is 7.91. The van der Waals surface area contributed by atoms with Gasteiger partial charge in [-0.2, -0.15) is 0 Å². The van der Waals surface area contributed by atoms with Crippen molar-refractivity contribution in [2.75, 3.05) is 26.9 Å². The first-order chi connectivity index (χ1) is 12.1. The van der Waals surface area contributed by atoms with Crippen LogP contribution in [0.5, 0.6) is 5.75 Å². The molecule has 3 aromatic rings. The summed E-state index contributed by atoms with van der Waals surface area (Å²) in [5, 5.41) is 16.0. The zero-order chi connectivity index (χ0) is 17.8. The van der Waals surface area contributed by atoms with Gasteiger partial charge in [0.05, 0.1) is 32.6 Å². The van der Waals surface area contributed by atoms with Gasteiger partial charge in [-0.25, -0.2) is 4.98 Å². The second-order valence-corrected chi connectivity index (χ2v) is 7.79. The molecule has 0 aliphatic heterocycles. The van der Waals surface area contributed by atoms with Gasteiger partial charge >= 0.3 is 0 Å². The van der Waals surface area contributed by atoms with Crippen LogP contribution in [0.15, 0.2) is 17.5 Å². The Kier molecular flexibility index (Phi) is 5.85. The predicted octanol–water partition coefficient (Wildman–Crippen LogP) is 2.71. The van der Waals surface area contributed by atoms with Gasteiger partial charge in [0.2, 0.25) is 0 Å². The van der Waals surface area contributed by atoms with Crippen LogP contribution in [0.25, 0.3) is 20.3 Å². The minimum absolute atomic E-state index is 0.0995. The number of nitrogens with one attached hydrogen (secondary N) is 1. The summed E-state index contributed by atoms with van der Waals surface area (Å²) in [4.78, 5) is 16.7. The highest BCUT2D eigenvalue weighted by Gasteiger charge is 2.15. The van der Waals surface area contributed by atoms with E-state index in [4.69, 9.17) is 9.47 Å². The SMILES string of the molecule is COCCC(CO)NC(=O)COc1cc2sc(C)nc2c2sccc12. The quantitative estimate of drug-likeness (QED) is 0.628. The van der Waals surface area contributed by atoms with Crippen molar-refractivity contribution >= 4 is 48.9 Å². The maximum atomic E-state index is 12.1. The number of fused-ring (bicyclic) bond motifs is 3. The fourth-order valence-corrected chi connectivity index (χ4v) is 4.42. The average Bonchev–Trinajstić information content (AvgIpc) is 3.21. The molecule has 2 heterocycles. The van der Waals surface area contributed by atoms with E-state index in [0.29, 0.717) is 18.8 Å². The highest BCUT2D eigenvalue weighted by Crippen LogP contribution is 2.38. The van der Waals surface area contributed by atoms with E-state index in [-0.39, 0.29) is 25.2 Å². The highest BCUT2D eigenvalue weighted by atomic mass is 32.1. The van der Waals surface area contributed by atoms with Crippen LogP contribution in [0.2, 0.25) is 0 Å². The molecule has 0 radical (unpaired) electrons. The number of aliphatic hydroxyl groups is 1. The number of aliphatic hydroxyl groups excluding tert-OH is 1. The van der Waals surface area contributed by atoms with Gasteiger partial charge in [-0.15, -0.1) is 22.7 Å². The second-order valence-electron chi connectivity index (χ2n) is 5.63. The van der Waals surface area contributed by atoms with Crippen LogP contribution in [0.3, 0.4) is 0 Å². The topological polar surface area (TPSA) is 80.7 Å². The number of hydrogen-bond acceptors (Lipinski definition) is 7. The van der Waals surface area contributed by atoms with E-state index in [2.05, 4.69) is 10.3 Å². The van der Waals surface area contributed by atoms with Crippen LogP contribution in [-0.2, 0) is 9.53 Å². The third-order valence-corrected chi connectivity index (χ3v) is 5.62. The first kappa shape index (κ1) is 18.1. The lowest BCUT2D eigenvalue weighted by Gasteiger charge is -2.16. The van der Waals surface area contributed by atoms with Gasteiger partial charge in [-0.05, 0) is 24.8 Å². The van der Waals surface area contributed by atoms with E-state index < -0.39 is 0 Å². The smallest absolute Gasteiger partial charge is 0.258 e. The molecule has 0 spiro atoms. The van der Waals surface area contributed by atoms with Crippen molar-refractivity contribution in [3.8, 4) is 5.75 Å². The number of nitrogens with zero attached hydrogens (tertiary/aromatic N) is 1. The molecule has 134 valence electrons. The molecule has 1 unspecified atom stereocenters. The molecular formula is C17H20N2O4S2. The van der Waals surface area contributed by atoms with Gasteiger partial charge in [-0.3, -0.25) is 4.79 Å². The number of ether oxygens (including phenoxy) is 2. The van der Waals surface area contributed by atoms with Crippen molar-refractivity contribution in [2.45, 2.75) is 19.4 Å². The summed E-state index contributed by atoms with van der Waals surface area (Å²) in [6.45, 7) is 2.23. The molecule has 0 aliphatic rings. The highest BCUT2D eigenvalue weighted by molar-refractivity contribution is 7.21. The van der Waals surface area contributed by atoms with Gasteiger partial charge in [0.15, 0.2) is 6.61 Å². The van der Waals surface area contributed by atoms with Crippen molar-refractivity contribution in [1.82, 2.24) is 10.3 Å². The largest absolute Gasteiger partial charge is 0.483 e. The molecule has 0 fully saturated rings. The summed E-state index contributed by atoms with van der Waals surface area (Å²) in [5.74, 6) is 0.416. The third kappa shape index (κ3) is 4.09. The molecule has 0 bridgehead atoms. The van der Waals surface area contributed by atoms with Crippen LogP contribution in [0.4, 0.5) is 0 Å². The maximum absolute atomic E-state index is 12.1. The zero-order valence-corrected chi connectivity index (χ0v) is 15.7. The van der Waals surface area contributed by atoms with E-state index in [1.165, 1.54) is 0 Å². The number of rotatable bonds is 8. The number of aromatic nitrogens is 1. The van der Waals surface area contributed by atoms with Crippen molar-refractivity contribution in [2.24, 2.45) is 0 Å². The van der Waals surface area contributed by atoms with Crippen LogP contribution >= 0.6 is 22.7 Å². The monoisotopic (exact) mass is 380 g/mol. The van der Waals surface area contributed by atoms with Gasteiger partial charge in [0.1, 0.15) is 5.75 Å². The predicted molar refractivity (Wildman–Crippen MR) is 101 cm³/mol. The Labute approximate surface area is 153 Å². The number of benzene rings is 1. The minimum atomic E-state index is -0.330. The van der Waals surface area contributed by atoms with Crippen molar-refractivity contribution in [3.63, 3.8) is 0 Å². The molecule has 1 atom stereocenters. The van der Waals surface area contributed by atoms with Crippen molar-refractivity contribution < 1.29 is 19.4 Å². The van der Waals surface area contributed by atoms with Crippen molar-refractivity contribution in [1.29, 1.82) is 0 Å². The molecule has 1 aromatic carbocycles. The summed E-state index contributed by atoms with van der Waals surface area (Å²) in [7, 11) is 1.59. The summed E-state index contributed by atoms with van der Waals surface area (Å²) in [6.07, 6.45) is 0.555. The van der Waals surface area contributed by atoms with E-state index >= 15 is 0 Å². The molecule has 1 amide bonds. The number of carbonyl (C=O) groups is 1. The number of amides is 1. The lowest BCUT2D eigenvalue weighted by molar-refractivity contribution is -0.124. The molecule has 3 rings (SSSR count). The lowest BCUT2D eigenvalue weighted by atomic mass is 10.2. The van der Waals surface area contributed by atoms with Crippen LogP contribution < -0.4 is 10.1 Å². The molecule has 0 saturated heterocycles. The third-order valence-electron chi connectivity index (χ3n) is 3.78. The molecule has 6 nitrogen and oxygen atoms in total. The summed E-state index contributed by atoms with van der Waals surface area (Å²) in [6, 6.07) is 3.59. The van der Waals surface area contributed by atoms with Crippen LogP contribution in [0.1, 0.15) is 11.4 Å². The van der Waals surface area contributed by atoms with E-state index in [0.717, 1.165) is 25.3 Å². The van der Waals surface area contributed by atoms with Gasteiger partial charge in [0.25, 0.3) is 5.91 Å². The number of hydrogen-bond donors (Lipinski definition) is 2. The van der Waals surface area contributed by atoms with Crippen LogP contribution in [-0.4, -0.2) is 49.0 Å². The van der Waals surface area contributed by atoms with Gasteiger partial charge < -0.3 is 19.9 Å². The molecule has 2 N–H and O–H groups in total. The molecule has 25 heavy (non-hydrogen) atoms. The van der Waals surface area contributed by atoms with Crippen molar-refractivity contribution in [3.05, 3.63) is 22.5 Å². The Morgan fingerprint density at radius 3 is 3.08 bits per heavy atom. The lowest BCUT2D eigenvalue weighted by Crippen LogP contribution is -2.40. The Bertz CT molecular complexity index is 874. The number of aryl methyl sites for hydroxylation is 1. The van der Waals surface area contributed by atoms with Gasteiger partial charge in [0, 0.05) is 25.2 Å². The fourth-order valence-electron chi connectivity index (χ4n) is 2.59. The molecule has 8 heteroatoms. The van der Waals surface area contributed by atoms with E-state index in [1.807, 2.05) is 24.4 Å². The molecular weight excluding hydrogens is 360 g/mol.